The van der Waals surface area contributed by atoms with Crippen molar-refractivity contribution in [2.75, 3.05) is 25.2 Å². The van der Waals surface area contributed by atoms with Gasteiger partial charge in [-0.05, 0) is 48.4 Å². The van der Waals surface area contributed by atoms with Gasteiger partial charge >= 0.3 is 5.97 Å². The second-order valence-corrected chi connectivity index (χ2v) is 6.09. The number of primary amides is 1. The molecule has 0 saturated heterocycles. The van der Waals surface area contributed by atoms with E-state index in [0.717, 1.165) is 42.9 Å². The van der Waals surface area contributed by atoms with Crippen LogP contribution in [0, 0.1) is 12.3 Å². The standard InChI is InChI=1S/C22H25NO3.CH3NO/c1-4-6-15-23(20-11-13-21(14-12-20)26-16-5-2)17-18-7-9-19(10-8-18)22(24)25-3;2-1-3/h2,7-14H,4,6,15-17H2,1,3H3;1H,(H2,2,3). The highest BCUT2D eigenvalue weighted by molar-refractivity contribution is 5.89. The average Bonchev–Trinajstić information content (AvgIpc) is 2.76. The van der Waals surface area contributed by atoms with Crippen molar-refractivity contribution in [3.05, 3.63) is 59.7 Å². The molecule has 0 fully saturated rings. The van der Waals surface area contributed by atoms with Crippen LogP contribution in [0.4, 0.5) is 5.69 Å². The predicted molar refractivity (Wildman–Crippen MR) is 115 cm³/mol. The predicted octanol–water partition coefficient (Wildman–Crippen LogP) is 3.39. The van der Waals surface area contributed by atoms with Gasteiger partial charge in [0.05, 0.1) is 12.7 Å². The molecule has 0 atom stereocenters. The molecule has 6 heteroatoms. The maximum atomic E-state index is 11.6. The maximum Gasteiger partial charge on any atom is 0.337 e. The summed E-state index contributed by atoms with van der Waals surface area (Å²) in [5.41, 5.74) is 7.00. The Kier molecular flexibility index (Phi) is 11.1. The number of anilines is 1. The SMILES string of the molecule is C#CCOc1ccc(N(CCCC)Cc2ccc(C(=O)OC)cc2)cc1.NC=O. The fourth-order valence-corrected chi connectivity index (χ4v) is 2.61. The monoisotopic (exact) mass is 396 g/mol. The molecular formula is C23H28N2O4. The lowest BCUT2D eigenvalue weighted by Gasteiger charge is -2.25. The third-order valence-electron chi connectivity index (χ3n) is 4.05. The van der Waals surface area contributed by atoms with Gasteiger partial charge in [0.1, 0.15) is 12.4 Å². The van der Waals surface area contributed by atoms with Gasteiger partial charge < -0.3 is 20.1 Å². The molecule has 0 heterocycles. The lowest BCUT2D eigenvalue weighted by atomic mass is 10.1. The molecule has 154 valence electrons. The third kappa shape index (κ3) is 8.39. The number of terminal acetylenes is 1. The van der Waals surface area contributed by atoms with Crippen LogP contribution in [-0.4, -0.2) is 32.6 Å². The second-order valence-electron chi connectivity index (χ2n) is 6.09. The molecule has 0 saturated carbocycles. The van der Waals surface area contributed by atoms with E-state index in [-0.39, 0.29) is 19.0 Å². The van der Waals surface area contributed by atoms with Crippen LogP contribution in [0.15, 0.2) is 48.5 Å². The molecule has 0 spiro atoms. The number of hydrogen-bond donors (Lipinski definition) is 1. The lowest BCUT2D eigenvalue weighted by molar-refractivity contribution is -0.106. The Morgan fingerprint density at radius 1 is 1.17 bits per heavy atom. The molecule has 6 nitrogen and oxygen atoms in total. The Hall–Kier alpha value is -3.46. The summed E-state index contributed by atoms with van der Waals surface area (Å²) in [6.45, 7) is 4.18. The highest BCUT2D eigenvalue weighted by Crippen LogP contribution is 2.22. The van der Waals surface area contributed by atoms with Crippen molar-refractivity contribution in [3.8, 4) is 18.1 Å². The number of nitrogens with two attached hydrogens (primary N) is 1. The zero-order chi connectivity index (χ0) is 21.5. The molecule has 29 heavy (non-hydrogen) atoms. The number of ether oxygens (including phenoxy) is 2. The van der Waals surface area contributed by atoms with Crippen LogP contribution in [0.25, 0.3) is 0 Å². The molecule has 0 aliphatic carbocycles. The minimum Gasteiger partial charge on any atom is -0.481 e. The van der Waals surface area contributed by atoms with E-state index < -0.39 is 0 Å². The van der Waals surface area contributed by atoms with Crippen LogP contribution in [0.3, 0.4) is 0 Å². The first-order chi connectivity index (χ1) is 14.1. The minimum absolute atomic E-state index is 0.250. The second kappa shape index (κ2) is 13.7. The van der Waals surface area contributed by atoms with Crippen molar-refractivity contribution in [1.29, 1.82) is 0 Å². The molecule has 2 aromatic rings. The number of methoxy groups -OCH3 is 1. The summed E-state index contributed by atoms with van der Waals surface area (Å²) in [6, 6.07) is 15.5. The number of rotatable bonds is 9. The third-order valence-corrected chi connectivity index (χ3v) is 4.05. The van der Waals surface area contributed by atoms with E-state index in [2.05, 4.69) is 23.5 Å². The van der Waals surface area contributed by atoms with E-state index >= 15 is 0 Å². The number of nitrogens with zero attached hydrogens (tertiary/aromatic N) is 1. The Labute approximate surface area is 172 Å². The number of unbranched alkanes of at least 4 members (excludes halogenated alkanes) is 1. The Morgan fingerprint density at radius 3 is 2.31 bits per heavy atom. The van der Waals surface area contributed by atoms with Crippen LogP contribution in [-0.2, 0) is 16.1 Å². The van der Waals surface area contributed by atoms with Gasteiger partial charge in [0.25, 0.3) is 0 Å². The van der Waals surface area contributed by atoms with Gasteiger partial charge in [-0.25, -0.2) is 4.79 Å². The van der Waals surface area contributed by atoms with Gasteiger partial charge in [-0.15, -0.1) is 6.42 Å². The molecule has 2 N–H and O–H groups in total. The van der Waals surface area contributed by atoms with Crippen LogP contribution < -0.4 is 15.4 Å². The highest BCUT2D eigenvalue weighted by atomic mass is 16.5. The number of benzene rings is 2. The van der Waals surface area contributed by atoms with Crippen molar-refractivity contribution in [2.24, 2.45) is 5.73 Å². The molecule has 0 unspecified atom stereocenters. The molecule has 0 aliphatic heterocycles. The average molecular weight is 396 g/mol. The molecule has 0 bridgehead atoms. The molecule has 0 radical (unpaired) electrons. The summed E-state index contributed by atoms with van der Waals surface area (Å²) in [6.07, 6.45) is 7.70. The van der Waals surface area contributed by atoms with E-state index in [1.165, 1.54) is 7.11 Å². The first-order valence-electron chi connectivity index (χ1n) is 9.33. The Morgan fingerprint density at radius 2 is 1.79 bits per heavy atom. The van der Waals surface area contributed by atoms with E-state index in [1.54, 1.807) is 12.1 Å². The van der Waals surface area contributed by atoms with Gasteiger partial charge in [0, 0.05) is 18.8 Å². The van der Waals surface area contributed by atoms with Gasteiger partial charge in [0.15, 0.2) is 0 Å². The van der Waals surface area contributed by atoms with Crippen molar-refractivity contribution in [3.63, 3.8) is 0 Å². The minimum atomic E-state index is -0.318. The summed E-state index contributed by atoms with van der Waals surface area (Å²) in [5, 5.41) is 0. The van der Waals surface area contributed by atoms with Gasteiger partial charge in [-0.3, -0.25) is 4.79 Å². The first kappa shape index (κ1) is 23.6. The number of hydrogen-bond acceptors (Lipinski definition) is 5. The smallest absolute Gasteiger partial charge is 0.337 e. The van der Waals surface area contributed by atoms with E-state index in [0.29, 0.717) is 5.56 Å². The maximum absolute atomic E-state index is 11.6. The lowest BCUT2D eigenvalue weighted by Crippen LogP contribution is -2.23. The first-order valence-corrected chi connectivity index (χ1v) is 9.33. The van der Waals surface area contributed by atoms with E-state index in [1.807, 2.05) is 36.4 Å². The topological polar surface area (TPSA) is 81.9 Å². The fraction of sp³-hybridized carbons (Fsp3) is 0.304. The summed E-state index contributed by atoms with van der Waals surface area (Å²) in [4.78, 5) is 22.5. The zero-order valence-corrected chi connectivity index (χ0v) is 17.0. The summed E-state index contributed by atoms with van der Waals surface area (Å²) in [7, 11) is 1.39. The highest BCUT2D eigenvalue weighted by Gasteiger charge is 2.09. The fourth-order valence-electron chi connectivity index (χ4n) is 2.61. The van der Waals surface area contributed by atoms with E-state index in [4.69, 9.17) is 20.7 Å². The number of carbonyl (C=O) groups excluding carboxylic acids is 2. The summed E-state index contributed by atoms with van der Waals surface area (Å²) >= 11 is 0. The van der Waals surface area contributed by atoms with Crippen LogP contribution in [0.1, 0.15) is 35.7 Å². The Bertz CT molecular complexity index is 780. The number of amides is 1. The van der Waals surface area contributed by atoms with Crippen LogP contribution in [0.2, 0.25) is 0 Å². The number of esters is 1. The Balaban J connectivity index is 0.00000132. The molecule has 1 amide bonds. The van der Waals surface area contributed by atoms with Crippen molar-refractivity contribution in [2.45, 2.75) is 26.3 Å². The molecule has 0 aliphatic rings. The van der Waals surface area contributed by atoms with E-state index in [9.17, 15) is 4.79 Å². The largest absolute Gasteiger partial charge is 0.481 e. The number of carbonyl (C=O) groups is 2. The van der Waals surface area contributed by atoms with Gasteiger partial charge in [0.2, 0.25) is 6.41 Å². The van der Waals surface area contributed by atoms with Crippen LogP contribution >= 0.6 is 0 Å². The quantitative estimate of drug-likeness (QED) is 0.399. The van der Waals surface area contributed by atoms with Crippen molar-refractivity contribution in [1.82, 2.24) is 0 Å². The zero-order valence-electron chi connectivity index (χ0n) is 17.0. The molecular weight excluding hydrogens is 368 g/mol. The summed E-state index contributed by atoms with van der Waals surface area (Å²) in [5.74, 6) is 2.92. The summed E-state index contributed by atoms with van der Waals surface area (Å²) < 4.78 is 10.2. The normalized spacial score (nSPS) is 9.41. The molecule has 2 aromatic carbocycles. The van der Waals surface area contributed by atoms with Gasteiger partial charge in [-0.2, -0.15) is 0 Å². The van der Waals surface area contributed by atoms with Gasteiger partial charge in [-0.1, -0.05) is 31.4 Å². The van der Waals surface area contributed by atoms with Crippen molar-refractivity contribution < 1.29 is 19.1 Å². The van der Waals surface area contributed by atoms with Crippen molar-refractivity contribution >= 4 is 18.1 Å². The molecule has 2 rings (SSSR count). The van der Waals surface area contributed by atoms with Crippen LogP contribution in [0.5, 0.6) is 5.75 Å². The molecule has 0 aromatic heterocycles.